The largest absolute Gasteiger partial charge is 0.492 e. The van der Waals surface area contributed by atoms with Gasteiger partial charge >= 0.3 is 6.09 Å². The van der Waals surface area contributed by atoms with Gasteiger partial charge in [-0.3, -0.25) is 0 Å². The van der Waals surface area contributed by atoms with E-state index >= 15 is 0 Å². The molecule has 0 aliphatic heterocycles. The van der Waals surface area contributed by atoms with Gasteiger partial charge in [0.15, 0.2) is 10.3 Å². The first-order valence-corrected chi connectivity index (χ1v) is 13.8. The molecule has 3 N–H and O–H groups in total. The minimum atomic E-state index is -0.521. The number of likely N-dealkylation sites (N-methyl/N-ethyl adjacent to an activating group) is 1. The second-order valence-electron chi connectivity index (χ2n) is 9.91. The summed E-state index contributed by atoms with van der Waals surface area (Å²) in [5.74, 6) is 1.63. The molecule has 0 aliphatic carbocycles. The van der Waals surface area contributed by atoms with Crippen LogP contribution in [0.25, 0.3) is 0 Å². The summed E-state index contributed by atoms with van der Waals surface area (Å²) in [5.41, 5.74) is 6.67. The van der Waals surface area contributed by atoms with E-state index in [9.17, 15) is 4.79 Å². The Morgan fingerprint density at radius 2 is 1.71 bits per heavy atom. The molecule has 0 bridgehead atoms. The number of thioether (sulfide) groups is 1. The number of nitrogens with one attached hydrogen (secondary N) is 1. The Balaban J connectivity index is 2.53. The average Bonchev–Trinajstić information content (AvgIpc) is 2.75. The Hall–Kier alpha value is -2.00. The third-order valence-corrected chi connectivity index (χ3v) is 6.68. The molecular formula is C26H44N4O3S2. The molecule has 0 aliphatic rings. The number of benzene rings is 1. The van der Waals surface area contributed by atoms with Gasteiger partial charge in [-0.1, -0.05) is 45.4 Å². The summed E-state index contributed by atoms with van der Waals surface area (Å²) in [4.78, 5) is 18.2. The quantitative estimate of drug-likeness (QED) is 0.179. The number of thiocarbonyl (C=S) groups is 1. The molecular weight excluding hydrogens is 480 g/mol. The number of aliphatic imine (C=N–C) groups is 1. The van der Waals surface area contributed by atoms with Crippen LogP contribution in [0.5, 0.6) is 5.75 Å². The number of anilines is 1. The van der Waals surface area contributed by atoms with Crippen molar-refractivity contribution in [2.75, 3.05) is 30.8 Å². The van der Waals surface area contributed by atoms with Crippen LogP contribution in [-0.4, -0.2) is 52.3 Å². The summed E-state index contributed by atoms with van der Waals surface area (Å²) in [6.45, 7) is 15.6. The number of amides is 1. The van der Waals surface area contributed by atoms with Gasteiger partial charge in [-0.2, -0.15) is 4.99 Å². The molecule has 1 aromatic rings. The predicted molar refractivity (Wildman–Crippen MR) is 154 cm³/mol. The van der Waals surface area contributed by atoms with E-state index in [4.69, 9.17) is 27.4 Å². The van der Waals surface area contributed by atoms with Gasteiger partial charge in [0.05, 0.1) is 6.54 Å². The number of nitrogens with zero attached hydrogens (tertiary/aromatic N) is 2. The van der Waals surface area contributed by atoms with Gasteiger partial charge < -0.3 is 25.4 Å². The first-order chi connectivity index (χ1) is 16.4. The zero-order valence-corrected chi connectivity index (χ0v) is 24.1. The highest BCUT2D eigenvalue weighted by Gasteiger charge is 2.23. The summed E-state index contributed by atoms with van der Waals surface area (Å²) in [6, 6.07) is 7.42. The summed E-state index contributed by atoms with van der Waals surface area (Å²) in [6.07, 6.45) is 4.34. The maximum absolute atomic E-state index is 12.2. The molecule has 0 fully saturated rings. The number of amidine groups is 1. The van der Waals surface area contributed by atoms with Crippen LogP contribution in [0.1, 0.15) is 74.1 Å². The maximum atomic E-state index is 12.2. The first-order valence-electron chi connectivity index (χ1n) is 12.4. The van der Waals surface area contributed by atoms with Crippen LogP contribution >= 0.6 is 24.0 Å². The molecule has 1 amide bonds. The number of rotatable bonds is 12. The van der Waals surface area contributed by atoms with Crippen LogP contribution in [0, 0.1) is 5.41 Å². The zero-order chi connectivity index (χ0) is 26.5. The lowest BCUT2D eigenvalue weighted by Crippen LogP contribution is -2.38. The minimum absolute atomic E-state index is 0.264. The van der Waals surface area contributed by atoms with Gasteiger partial charge in [-0.05, 0) is 82.4 Å². The normalized spacial score (nSPS) is 12.3. The highest BCUT2D eigenvalue weighted by molar-refractivity contribution is 8.13. The summed E-state index contributed by atoms with van der Waals surface area (Å²) in [7, 11) is 0. The lowest BCUT2D eigenvalue weighted by Gasteiger charge is -2.28. The maximum Gasteiger partial charge on any atom is 0.410 e. The van der Waals surface area contributed by atoms with E-state index in [0.717, 1.165) is 24.3 Å². The van der Waals surface area contributed by atoms with Crippen molar-refractivity contribution < 1.29 is 14.3 Å². The third-order valence-electron chi connectivity index (χ3n) is 5.26. The van der Waals surface area contributed by atoms with Crippen molar-refractivity contribution in [1.82, 2.24) is 4.90 Å². The molecule has 7 nitrogen and oxygen atoms in total. The first kappa shape index (κ1) is 31.0. The Labute approximate surface area is 221 Å². The van der Waals surface area contributed by atoms with Crippen molar-refractivity contribution in [1.29, 1.82) is 0 Å². The fourth-order valence-corrected chi connectivity index (χ4v) is 4.84. The molecule has 1 aromatic carbocycles. The summed E-state index contributed by atoms with van der Waals surface area (Å²) >= 11 is 6.92. The lowest BCUT2D eigenvalue weighted by molar-refractivity contribution is 0.0237. The second kappa shape index (κ2) is 15.2. The average molecular weight is 525 g/mol. The van der Waals surface area contributed by atoms with Crippen molar-refractivity contribution in [3.8, 4) is 5.75 Å². The van der Waals surface area contributed by atoms with Gasteiger partial charge in [-0.25, -0.2) is 4.79 Å². The van der Waals surface area contributed by atoms with Crippen molar-refractivity contribution in [2.24, 2.45) is 16.1 Å². The topological polar surface area (TPSA) is 89.2 Å². The third kappa shape index (κ3) is 13.0. The number of hydrogen-bond acceptors (Lipinski definition) is 5. The van der Waals surface area contributed by atoms with Crippen LogP contribution < -0.4 is 15.8 Å². The van der Waals surface area contributed by atoms with E-state index in [-0.39, 0.29) is 11.5 Å². The lowest BCUT2D eigenvalue weighted by atomic mass is 9.83. The standard InChI is InChI=1S/C26H44N4O3S2/c1-8-15-26(7,16-9-2)19-35-22(27)29-23(34)28-20-11-13-21(14-12-20)32-18-17-30(10-3)24(31)33-25(4,5)6/h11-14H,8-10,15-19H2,1-7H3,(H3,27,28,29,34). The molecule has 0 saturated carbocycles. The molecule has 0 atom stereocenters. The Morgan fingerprint density at radius 1 is 1.11 bits per heavy atom. The van der Waals surface area contributed by atoms with Crippen LogP contribution in [0.15, 0.2) is 29.3 Å². The molecule has 0 spiro atoms. The molecule has 1 rings (SSSR count). The van der Waals surface area contributed by atoms with E-state index < -0.39 is 5.60 Å². The van der Waals surface area contributed by atoms with Crippen LogP contribution in [0.2, 0.25) is 0 Å². The van der Waals surface area contributed by atoms with E-state index in [2.05, 4.69) is 31.1 Å². The van der Waals surface area contributed by atoms with E-state index in [0.29, 0.717) is 35.7 Å². The number of nitrogens with two attached hydrogens (primary N) is 1. The number of carbonyl (C=O) groups excluding carboxylic acids is 1. The highest BCUT2D eigenvalue weighted by atomic mass is 32.2. The second-order valence-corrected chi connectivity index (χ2v) is 11.3. The molecule has 9 heteroatoms. The van der Waals surface area contributed by atoms with Gasteiger partial charge in [0.2, 0.25) is 0 Å². The predicted octanol–water partition coefficient (Wildman–Crippen LogP) is 6.67. The van der Waals surface area contributed by atoms with Gasteiger partial charge in [0.25, 0.3) is 0 Å². The monoisotopic (exact) mass is 524 g/mol. The number of carbonyl (C=O) groups is 1. The van der Waals surface area contributed by atoms with E-state index in [1.165, 1.54) is 12.8 Å². The molecule has 0 saturated heterocycles. The van der Waals surface area contributed by atoms with Crippen molar-refractivity contribution >= 4 is 46.0 Å². The van der Waals surface area contributed by atoms with Gasteiger partial charge in [-0.15, -0.1) is 0 Å². The summed E-state index contributed by atoms with van der Waals surface area (Å²) in [5, 5.41) is 3.90. The van der Waals surface area contributed by atoms with Crippen LogP contribution in [0.3, 0.4) is 0 Å². The molecule has 0 unspecified atom stereocenters. The van der Waals surface area contributed by atoms with Crippen LogP contribution in [0.4, 0.5) is 10.5 Å². The van der Waals surface area contributed by atoms with Gasteiger partial charge in [0.1, 0.15) is 18.0 Å². The fraction of sp³-hybridized carbons (Fsp3) is 0.654. The van der Waals surface area contributed by atoms with Gasteiger partial charge in [0, 0.05) is 18.0 Å². The highest BCUT2D eigenvalue weighted by Crippen LogP contribution is 2.33. The molecule has 0 aromatic heterocycles. The minimum Gasteiger partial charge on any atom is -0.492 e. The molecule has 198 valence electrons. The van der Waals surface area contributed by atoms with Crippen molar-refractivity contribution in [3.63, 3.8) is 0 Å². The van der Waals surface area contributed by atoms with Crippen molar-refractivity contribution in [2.45, 2.75) is 79.8 Å². The smallest absolute Gasteiger partial charge is 0.410 e. The fourth-order valence-electron chi connectivity index (χ4n) is 3.62. The number of ether oxygens (including phenoxy) is 2. The molecule has 35 heavy (non-hydrogen) atoms. The summed E-state index contributed by atoms with van der Waals surface area (Å²) < 4.78 is 11.2. The van der Waals surface area contributed by atoms with E-state index in [1.807, 2.05) is 52.0 Å². The Bertz CT molecular complexity index is 817. The molecule has 0 heterocycles. The zero-order valence-electron chi connectivity index (χ0n) is 22.5. The van der Waals surface area contributed by atoms with E-state index in [1.54, 1.807) is 16.7 Å². The Kier molecular flexibility index (Phi) is 13.5. The number of hydrogen-bond donors (Lipinski definition) is 2. The SMILES string of the molecule is CCCC(C)(CCC)CS/C(N)=N/C(=S)Nc1ccc(OCCN(CC)C(=O)OC(C)(C)C)cc1. The molecule has 0 radical (unpaired) electrons. The van der Waals surface area contributed by atoms with Crippen LogP contribution in [-0.2, 0) is 4.74 Å². The Morgan fingerprint density at radius 3 is 2.23 bits per heavy atom. The van der Waals surface area contributed by atoms with Crippen molar-refractivity contribution in [3.05, 3.63) is 24.3 Å².